The zero-order chi connectivity index (χ0) is 12.4. The summed E-state index contributed by atoms with van der Waals surface area (Å²) in [5.74, 6) is 0.589. The van der Waals surface area contributed by atoms with Gasteiger partial charge in [0.05, 0.1) is 6.54 Å². The Hall–Kier alpha value is -0.920. The fourth-order valence-electron chi connectivity index (χ4n) is 1.27. The van der Waals surface area contributed by atoms with Crippen LogP contribution >= 0.6 is 38.9 Å². The standard InChI is InChI=1S/C9H9BrClN5S/c1-16(3-6-2-5(10)4-17-6)9-14-7(11)13-8(12)15-9/h2,4H,3H2,1H3,(H2,12,13,14,15). The van der Waals surface area contributed by atoms with Crippen LogP contribution < -0.4 is 10.6 Å². The maximum atomic E-state index is 5.73. The first-order chi connectivity index (χ1) is 8.04. The summed E-state index contributed by atoms with van der Waals surface area (Å²) in [7, 11) is 1.87. The van der Waals surface area contributed by atoms with Gasteiger partial charge in [-0.3, -0.25) is 0 Å². The summed E-state index contributed by atoms with van der Waals surface area (Å²) in [6.45, 7) is 0.691. The van der Waals surface area contributed by atoms with E-state index in [9.17, 15) is 0 Å². The molecule has 2 aromatic rings. The fourth-order valence-corrected chi connectivity index (χ4v) is 2.93. The van der Waals surface area contributed by atoms with Gasteiger partial charge in [0.1, 0.15) is 0 Å². The molecule has 0 aliphatic carbocycles. The van der Waals surface area contributed by atoms with Gasteiger partial charge in [-0.1, -0.05) is 0 Å². The van der Waals surface area contributed by atoms with E-state index in [1.165, 1.54) is 4.88 Å². The Morgan fingerprint density at radius 2 is 2.24 bits per heavy atom. The largest absolute Gasteiger partial charge is 0.368 e. The first-order valence-electron chi connectivity index (χ1n) is 4.65. The highest BCUT2D eigenvalue weighted by Crippen LogP contribution is 2.22. The normalized spacial score (nSPS) is 10.5. The SMILES string of the molecule is CN(Cc1cc(Br)cs1)c1nc(N)nc(Cl)n1. The number of nitrogens with zero attached hydrogens (tertiary/aromatic N) is 4. The zero-order valence-corrected chi connectivity index (χ0v) is 12.1. The zero-order valence-electron chi connectivity index (χ0n) is 8.89. The average Bonchev–Trinajstić information content (AvgIpc) is 2.62. The number of hydrogen-bond acceptors (Lipinski definition) is 6. The van der Waals surface area contributed by atoms with Gasteiger partial charge in [-0.25, -0.2) is 0 Å². The van der Waals surface area contributed by atoms with E-state index in [-0.39, 0.29) is 11.2 Å². The molecule has 0 radical (unpaired) electrons. The highest BCUT2D eigenvalue weighted by Gasteiger charge is 2.09. The first kappa shape index (κ1) is 12.5. The van der Waals surface area contributed by atoms with E-state index in [4.69, 9.17) is 17.3 Å². The molecule has 0 saturated carbocycles. The third kappa shape index (κ3) is 3.27. The van der Waals surface area contributed by atoms with Gasteiger partial charge in [0.2, 0.25) is 17.2 Å². The molecule has 0 aromatic carbocycles. The summed E-state index contributed by atoms with van der Waals surface area (Å²) in [6, 6.07) is 2.05. The molecule has 2 aromatic heterocycles. The smallest absolute Gasteiger partial charge is 0.231 e. The molecule has 0 saturated heterocycles. The van der Waals surface area contributed by atoms with Crippen LogP contribution in [-0.4, -0.2) is 22.0 Å². The fraction of sp³-hybridized carbons (Fsp3) is 0.222. The maximum absolute atomic E-state index is 5.73. The van der Waals surface area contributed by atoms with E-state index in [0.29, 0.717) is 12.5 Å². The topological polar surface area (TPSA) is 67.9 Å². The van der Waals surface area contributed by atoms with Gasteiger partial charge in [-0.15, -0.1) is 11.3 Å². The molecule has 2 heterocycles. The van der Waals surface area contributed by atoms with E-state index in [1.807, 2.05) is 23.4 Å². The molecule has 8 heteroatoms. The number of thiophene rings is 1. The van der Waals surface area contributed by atoms with Crippen LogP contribution in [0.4, 0.5) is 11.9 Å². The Labute approximate surface area is 116 Å². The van der Waals surface area contributed by atoms with Gasteiger partial charge >= 0.3 is 0 Å². The maximum Gasteiger partial charge on any atom is 0.231 e. The Balaban J connectivity index is 2.16. The molecule has 0 spiro atoms. The Morgan fingerprint density at radius 3 is 2.82 bits per heavy atom. The molecule has 0 aliphatic heterocycles. The molecule has 0 bridgehead atoms. The van der Waals surface area contributed by atoms with Crippen LogP contribution in [0.1, 0.15) is 4.88 Å². The summed E-state index contributed by atoms with van der Waals surface area (Å²) in [6.07, 6.45) is 0. The van der Waals surface area contributed by atoms with Crippen molar-refractivity contribution in [2.45, 2.75) is 6.54 Å². The molecular weight excluding hydrogens is 326 g/mol. The lowest BCUT2D eigenvalue weighted by Gasteiger charge is -2.15. The van der Waals surface area contributed by atoms with Crippen LogP contribution in [0.25, 0.3) is 0 Å². The Morgan fingerprint density at radius 1 is 1.47 bits per heavy atom. The van der Waals surface area contributed by atoms with E-state index in [0.717, 1.165) is 4.47 Å². The van der Waals surface area contributed by atoms with E-state index in [2.05, 4.69) is 30.9 Å². The van der Waals surface area contributed by atoms with Crippen molar-refractivity contribution in [3.05, 3.63) is 26.1 Å². The van der Waals surface area contributed by atoms with E-state index < -0.39 is 0 Å². The van der Waals surface area contributed by atoms with Gasteiger partial charge in [0, 0.05) is 21.8 Å². The summed E-state index contributed by atoms with van der Waals surface area (Å²) >= 11 is 10.8. The van der Waals surface area contributed by atoms with Crippen LogP contribution in [0, 0.1) is 0 Å². The summed E-state index contributed by atoms with van der Waals surface area (Å²) in [5, 5.41) is 2.13. The minimum atomic E-state index is 0.103. The number of aromatic nitrogens is 3. The number of nitrogens with two attached hydrogens (primary N) is 1. The lowest BCUT2D eigenvalue weighted by molar-refractivity contribution is 0.866. The van der Waals surface area contributed by atoms with Crippen LogP contribution in [0.5, 0.6) is 0 Å². The van der Waals surface area contributed by atoms with Crippen molar-refractivity contribution in [3.8, 4) is 0 Å². The minimum Gasteiger partial charge on any atom is -0.368 e. The van der Waals surface area contributed by atoms with Gasteiger partial charge < -0.3 is 10.6 Å². The summed E-state index contributed by atoms with van der Waals surface area (Å²) in [4.78, 5) is 14.8. The summed E-state index contributed by atoms with van der Waals surface area (Å²) in [5.41, 5.74) is 5.52. The highest BCUT2D eigenvalue weighted by molar-refractivity contribution is 9.10. The molecule has 0 unspecified atom stereocenters. The average molecular weight is 335 g/mol. The minimum absolute atomic E-state index is 0.103. The second-order valence-corrected chi connectivity index (χ2v) is 5.60. The highest BCUT2D eigenvalue weighted by atomic mass is 79.9. The van der Waals surface area contributed by atoms with Gasteiger partial charge in [0.15, 0.2) is 0 Å². The number of nitrogen functional groups attached to an aromatic ring is 1. The summed E-state index contributed by atoms with van der Waals surface area (Å²) < 4.78 is 1.07. The van der Waals surface area contributed by atoms with Crippen molar-refractivity contribution >= 4 is 50.8 Å². The number of rotatable bonds is 3. The molecular formula is C9H9BrClN5S. The molecule has 0 atom stereocenters. The first-order valence-corrected chi connectivity index (χ1v) is 6.71. The van der Waals surface area contributed by atoms with Crippen molar-refractivity contribution in [2.24, 2.45) is 0 Å². The monoisotopic (exact) mass is 333 g/mol. The molecule has 2 N–H and O–H groups in total. The van der Waals surface area contributed by atoms with Gasteiger partial charge in [0.25, 0.3) is 0 Å². The molecule has 2 rings (SSSR count). The molecule has 0 amide bonds. The van der Waals surface area contributed by atoms with Crippen LogP contribution in [0.15, 0.2) is 15.9 Å². The molecule has 5 nitrogen and oxygen atoms in total. The van der Waals surface area contributed by atoms with Gasteiger partial charge in [-0.2, -0.15) is 15.0 Å². The second-order valence-electron chi connectivity index (χ2n) is 3.35. The number of hydrogen-bond donors (Lipinski definition) is 1. The number of halogens is 2. The second kappa shape index (κ2) is 5.16. The lowest BCUT2D eigenvalue weighted by Crippen LogP contribution is -2.19. The molecule has 0 fully saturated rings. The molecule has 17 heavy (non-hydrogen) atoms. The van der Waals surface area contributed by atoms with Crippen molar-refractivity contribution in [1.82, 2.24) is 15.0 Å². The van der Waals surface area contributed by atoms with Crippen LogP contribution in [-0.2, 0) is 6.54 Å². The van der Waals surface area contributed by atoms with Crippen molar-refractivity contribution in [3.63, 3.8) is 0 Å². The van der Waals surface area contributed by atoms with Crippen molar-refractivity contribution in [2.75, 3.05) is 17.7 Å². The third-order valence-corrected chi connectivity index (χ3v) is 3.82. The van der Waals surface area contributed by atoms with E-state index >= 15 is 0 Å². The van der Waals surface area contributed by atoms with Crippen LogP contribution in [0.3, 0.4) is 0 Å². The third-order valence-electron chi connectivity index (χ3n) is 1.97. The van der Waals surface area contributed by atoms with Crippen molar-refractivity contribution in [1.29, 1.82) is 0 Å². The molecule has 90 valence electrons. The predicted octanol–water partition coefficient (Wildman–Crippen LogP) is 2.57. The Bertz CT molecular complexity index is 512. The Kier molecular flexibility index (Phi) is 3.80. The quantitative estimate of drug-likeness (QED) is 0.934. The van der Waals surface area contributed by atoms with Crippen LogP contribution in [0.2, 0.25) is 5.28 Å². The predicted molar refractivity (Wildman–Crippen MR) is 73.4 cm³/mol. The van der Waals surface area contributed by atoms with E-state index in [1.54, 1.807) is 11.3 Å². The molecule has 0 aliphatic rings. The van der Waals surface area contributed by atoms with Gasteiger partial charge in [-0.05, 0) is 33.6 Å². The van der Waals surface area contributed by atoms with Crippen molar-refractivity contribution < 1.29 is 0 Å². The lowest BCUT2D eigenvalue weighted by atomic mass is 10.4. The number of anilines is 2.